The van der Waals surface area contributed by atoms with E-state index in [0.717, 1.165) is 20.9 Å². The lowest BCUT2D eigenvalue weighted by Gasteiger charge is -1.97. The Morgan fingerprint density at radius 1 is 1.53 bits per heavy atom. The van der Waals surface area contributed by atoms with Crippen molar-refractivity contribution in [1.29, 1.82) is 0 Å². The molecule has 0 unspecified atom stereocenters. The third kappa shape index (κ3) is 3.52. The monoisotopic (exact) mass is 329 g/mol. The maximum atomic E-state index is 5.97. The van der Waals surface area contributed by atoms with Crippen LogP contribution in [0.3, 0.4) is 0 Å². The molecule has 3 nitrogen and oxygen atoms in total. The van der Waals surface area contributed by atoms with E-state index in [1.807, 2.05) is 30.5 Å². The van der Waals surface area contributed by atoms with Gasteiger partial charge in [0.05, 0.1) is 16.9 Å². The maximum absolute atomic E-state index is 5.97. The number of rotatable bonds is 3. The lowest BCUT2D eigenvalue weighted by atomic mass is 10.2. The molecule has 0 amide bonds. The number of anilines is 1. The smallest absolute Gasteiger partial charge is 0.203 e. The number of aromatic nitrogens is 1. The Morgan fingerprint density at radius 2 is 2.35 bits per heavy atom. The number of hydrogen-bond donors (Lipinski definition) is 1. The zero-order valence-corrected chi connectivity index (χ0v) is 12.1. The van der Waals surface area contributed by atoms with Crippen LogP contribution in [0.2, 0.25) is 5.02 Å². The van der Waals surface area contributed by atoms with Gasteiger partial charge in [0.2, 0.25) is 5.13 Å². The molecule has 1 N–H and O–H groups in total. The predicted molar refractivity (Wildman–Crippen MR) is 77.2 cm³/mol. The zero-order chi connectivity index (χ0) is 12.3. The summed E-state index contributed by atoms with van der Waals surface area (Å²) in [4.78, 5) is 4.23. The third-order valence-corrected chi connectivity index (χ3v) is 4.03. The van der Waals surface area contributed by atoms with Crippen LogP contribution < -0.4 is 5.43 Å². The fourth-order valence-electron chi connectivity index (χ4n) is 1.16. The number of benzene rings is 1. The van der Waals surface area contributed by atoms with Crippen LogP contribution in [-0.4, -0.2) is 11.2 Å². The molecule has 0 bridgehead atoms. The maximum Gasteiger partial charge on any atom is 0.203 e. The molecule has 0 aliphatic carbocycles. The van der Waals surface area contributed by atoms with E-state index in [2.05, 4.69) is 31.4 Å². The summed E-state index contributed by atoms with van der Waals surface area (Å²) in [5.74, 6) is 0. The van der Waals surface area contributed by atoms with Gasteiger partial charge in [-0.25, -0.2) is 4.98 Å². The Bertz CT molecular complexity index is 553. The molecule has 1 aromatic carbocycles. The topological polar surface area (TPSA) is 37.3 Å². The summed E-state index contributed by atoms with van der Waals surface area (Å²) in [5.41, 5.74) is 4.79. The van der Waals surface area contributed by atoms with E-state index in [1.54, 1.807) is 6.21 Å². The van der Waals surface area contributed by atoms with E-state index in [1.165, 1.54) is 11.3 Å². The highest BCUT2D eigenvalue weighted by Gasteiger charge is 1.97. The van der Waals surface area contributed by atoms with E-state index in [9.17, 15) is 0 Å². The minimum absolute atomic E-state index is 0.666. The van der Waals surface area contributed by atoms with Crippen molar-refractivity contribution >= 4 is 50.2 Å². The molecular weight excluding hydrogens is 322 g/mol. The van der Waals surface area contributed by atoms with E-state index in [0.29, 0.717) is 5.02 Å². The Labute approximate surface area is 117 Å². The normalized spacial score (nSPS) is 11.0. The molecule has 0 aliphatic rings. The van der Waals surface area contributed by atoms with E-state index in [-0.39, 0.29) is 0 Å². The minimum atomic E-state index is 0.666. The summed E-state index contributed by atoms with van der Waals surface area (Å²) in [5, 5.41) is 7.51. The number of nitrogens with zero attached hydrogens (tertiary/aromatic N) is 2. The molecule has 0 aliphatic heterocycles. The molecule has 6 heteroatoms. The molecular formula is C11H9BrClN3S. The van der Waals surface area contributed by atoms with Gasteiger partial charge in [0, 0.05) is 9.85 Å². The van der Waals surface area contributed by atoms with Crippen molar-refractivity contribution in [3.05, 3.63) is 44.3 Å². The molecule has 1 aromatic heterocycles. The van der Waals surface area contributed by atoms with Crippen molar-refractivity contribution in [3.63, 3.8) is 0 Å². The van der Waals surface area contributed by atoms with Gasteiger partial charge in [-0.15, -0.1) is 11.3 Å². The molecule has 17 heavy (non-hydrogen) atoms. The Kier molecular flexibility index (Phi) is 4.15. The van der Waals surface area contributed by atoms with Crippen LogP contribution >= 0.6 is 38.9 Å². The van der Waals surface area contributed by atoms with Crippen molar-refractivity contribution in [2.45, 2.75) is 6.92 Å². The summed E-state index contributed by atoms with van der Waals surface area (Å²) in [6.07, 6.45) is 1.70. The average Bonchev–Trinajstić information content (AvgIpc) is 2.70. The van der Waals surface area contributed by atoms with Gasteiger partial charge >= 0.3 is 0 Å². The summed E-state index contributed by atoms with van der Waals surface area (Å²) in [7, 11) is 0. The van der Waals surface area contributed by atoms with Crippen LogP contribution in [0.4, 0.5) is 5.13 Å². The Hall–Kier alpha value is -0.910. The Balaban J connectivity index is 2.03. The first-order valence-corrected chi connectivity index (χ1v) is 6.86. The number of halogens is 2. The lowest BCUT2D eigenvalue weighted by Crippen LogP contribution is -1.90. The van der Waals surface area contributed by atoms with Crippen LogP contribution in [-0.2, 0) is 0 Å². The van der Waals surface area contributed by atoms with E-state index in [4.69, 9.17) is 11.6 Å². The van der Waals surface area contributed by atoms with Crippen LogP contribution in [0.1, 0.15) is 11.3 Å². The summed E-state index contributed by atoms with van der Waals surface area (Å²) >= 11 is 10.8. The van der Waals surface area contributed by atoms with Gasteiger partial charge in [-0.1, -0.05) is 17.7 Å². The molecule has 2 rings (SSSR count). The van der Waals surface area contributed by atoms with Gasteiger partial charge in [-0.3, -0.25) is 5.43 Å². The average molecular weight is 331 g/mol. The second kappa shape index (κ2) is 5.62. The predicted octanol–water partition coefficient (Wildman–Crippen LogP) is 4.31. The molecule has 0 saturated carbocycles. The van der Waals surface area contributed by atoms with Crippen LogP contribution in [0.15, 0.2) is 33.2 Å². The van der Waals surface area contributed by atoms with Gasteiger partial charge in [-0.2, -0.15) is 5.10 Å². The number of aryl methyl sites for hydroxylation is 1. The molecule has 0 saturated heterocycles. The SMILES string of the molecule is Cc1csc(NN=Cc2ccc(Br)c(Cl)c2)n1. The first-order valence-electron chi connectivity index (χ1n) is 4.81. The van der Waals surface area contributed by atoms with Crippen molar-refractivity contribution in [1.82, 2.24) is 4.98 Å². The number of thiazole rings is 1. The molecule has 2 aromatic rings. The highest BCUT2D eigenvalue weighted by Crippen LogP contribution is 2.22. The number of hydrazone groups is 1. The van der Waals surface area contributed by atoms with Crippen LogP contribution in [0.25, 0.3) is 0 Å². The molecule has 0 fully saturated rings. The molecule has 0 spiro atoms. The third-order valence-electron chi connectivity index (χ3n) is 1.94. The van der Waals surface area contributed by atoms with E-state index < -0.39 is 0 Å². The number of hydrogen-bond acceptors (Lipinski definition) is 4. The largest absolute Gasteiger partial charge is 0.253 e. The first kappa shape index (κ1) is 12.5. The Morgan fingerprint density at radius 3 is 3.00 bits per heavy atom. The quantitative estimate of drug-likeness (QED) is 0.672. The first-order chi connectivity index (χ1) is 8.15. The highest BCUT2D eigenvalue weighted by atomic mass is 79.9. The van der Waals surface area contributed by atoms with Gasteiger partial charge in [-0.05, 0) is 40.5 Å². The fraction of sp³-hybridized carbons (Fsp3) is 0.0909. The fourth-order valence-corrected chi connectivity index (χ4v) is 2.23. The van der Waals surface area contributed by atoms with Crippen molar-refractivity contribution in [3.8, 4) is 0 Å². The standard InChI is InChI=1S/C11H9BrClN3S/c1-7-6-17-11(15-7)16-14-5-8-2-3-9(12)10(13)4-8/h2-6H,1H3,(H,15,16). The zero-order valence-electron chi connectivity index (χ0n) is 8.95. The van der Waals surface area contributed by atoms with Gasteiger partial charge < -0.3 is 0 Å². The summed E-state index contributed by atoms with van der Waals surface area (Å²) < 4.78 is 0.875. The van der Waals surface area contributed by atoms with Crippen LogP contribution in [0.5, 0.6) is 0 Å². The van der Waals surface area contributed by atoms with Crippen molar-refractivity contribution in [2.75, 3.05) is 5.43 Å². The molecule has 1 heterocycles. The second-order valence-electron chi connectivity index (χ2n) is 3.34. The summed E-state index contributed by atoms with van der Waals surface area (Å²) in [6.45, 7) is 1.94. The van der Waals surface area contributed by atoms with Gasteiger partial charge in [0.25, 0.3) is 0 Å². The van der Waals surface area contributed by atoms with Crippen molar-refractivity contribution < 1.29 is 0 Å². The second-order valence-corrected chi connectivity index (χ2v) is 5.46. The highest BCUT2D eigenvalue weighted by molar-refractivity contribution is 9.10. The molecule has 0 atom stereocenters. The molecule has 88 valence electrons. The van der Waals surface area contributed by atoms with Crippen molar-refractivity contribution in [2.24, 2.45) is 5.10 Å². The molecule has 0 radical (unpaired) electrons. The minimum Gasteiger partial charge on any atom is -0.253 e. The van der Waals surface area contributed by atoms with Gasteiger partial charge in [0.1, 0.15) is 0 Å². The van der Waals surface area contributed by atoms with E-state index >= 15 is 0 Å². The van der Waals surface area contributed by atoms with Gasteiger partial charge in [0.15, 0.2) is 0 Å². The summed E-state index contributed by atoms with van der Waals surface area (Å²) in [6, 6.07) is 5.65. The number of nitrogens with one attached hydrogen (secondary N) is 1. The van der Waals surface area contributed by atoms with Crippen LogP contribution in [0, 0.1) is 6.92 Å². The lowest BCUT2D eigenvalue weighted by molar-refractivity contribution is 1.22.